The predicted molar refractivity (Wildman–Crippen MR) is 84.2 cm³/mol. The van der Waals surface area contributed by atoms with Crippen molar-refractivity contribution in [1.29, 1.82) is 10.5 Å². The molecule has 4 nitrogen and oxygen atoms in total. The highest BCUT2D eigenvalue weighted by Crippen LogP contribution is 2.42. The average Bonchev–Trinajstić information content (AvgIpc) is 2.80. The summed E-state index contributed by atoms with van der Waals surface area (Å²) >= 11 is 1.30. The summed E-state index contributed by atoms with van der Waals surface area (Å²) in [5, 5.41) is 23.5. The average molecular weight is 298 g/mol. The van der Waals surface area contributed by atoms with Crippen molar-refractivity contribution in [2.75, 3.05) is 0 Å². The number of aromatic nitrogens is 2. The van der Waals surface area contributed by atoms with E-state index < -0.39 is 0 Å². The van der Waals surface area contributed by atoms with Gasteiger partial charge >= 0.3 is 0 Å². The first-order valence-electron chi connectivity index (χ1n) is 6.76. The second-order valence-electron chi connectivity index (χ2n) is 7.17. The fourth-order valence-corrected chi connectivity index (χ4v) is 3.60. The molecule has 0 aliphatic heterocycles. The van der Waals surface area contributed by atoms with Gasteiger partial charge in [-0.2, -0.15) is 10.5 Å². The number of hydrogen-bond donors (Lipinski definition) is 0. The van der Waals surface area contributed by atoms with E-state index in [1.165, 1.54) is 11.5 Å². The van der Waals surface area contributed by atoms with Crippen LogP contribution in [-0.2, 0) is 10.8 Å². The molecule has 2 aromatic rings. The molecule has 0 saturated carbocycles. The Kier molecular flexibility index (Phi) is 3.51. The molecular formula is C16H18N4S. The third-order valence-electron chi connectivity index (χ3n) is 3.43. The van der Waals surface area contributed by atoms with Crippen molar-refractivity contribution in [2.45, 2.75) is 52.4 Å². The molecule has 0 atom stereocenters. The van der Waals surface area contributed by atoms with Gasteiger partial charge in [0, 0.05) is 5.56 Å². The second-order valence-corrected chi connectivity index (χ2v) is 7.93. The zero-order valence-corrected chi connectivity index (χ0v) is 14.0. The minimum absolute atomic E-state index is 0.250. The lowest BCUT2D eigenvalue weighted by atomic mass is 9.76. The minimum atomic E-state index is -0.277. The van der Waals surface area contributed by atoms with Crippen molar-refractivity contribution in [2.24, 2.45) is 0 Å². The van der Waals surface area contributed by atoms with Gasteiger partial charge in [0.1, 0.15) is 17.7 Å². The van der Waals surface area contributed by atoms with Crippen LogP contribution >= 0.6 is 11.5 Å². The van der Waals surface area contributed by atoms with Gasteiger partial charge in [-0.3, -0.25) is 0 Å². The lowest BCUT2D eigenvalue weighted by molar-refractivity contribution is 0.582. The molecule has 108 valence electrons. The summed E-state index contributed by atoms with van der Waals surface area (Å²) in [7, 11) is 0. The van der Waals surface area contributed by atoms with E-state index in [-0.39, 0.29) is 10.8 Å². The molecule has 0 aliphatic rings. The van der Waals surface area contributed by atoms with E-state index in [4.69, 9.17) is 0 Å². The number of fused-ring (bicyclic) bond motifs is 1. The molecule has 0 bridgehead atoms. The van der Waals surface area contributed by atoms with E-state index in [9.17, 15) is 10.5 Å². The van der Waals surface area contributed by atoms with Gasteiger partial charge in [0.15, 0.2) is 0 Å². The monoisotopic (exact) mass is 298 g/mol. The number of rotatable bonds is 0. The van der Waals surface area contributed by atoms with Crippen LogP contribution < -0.4 is 0 Å². The molecule has 0 spiro atoms. The molecule has 0 amide bonds. The first-order chi connectivity index (χ1) is 9.62. The van der Waals surface area contributed by atoms with Gasteiger partial charge in [0.05, 0.1) is 15.8 Å². The van der Waals surface area contributed by atoms with Crippen LogP contribution in [0.3, 0.4) is 0 Å². The van der Waals surface area contributed by atoms with Crippen molar-refractivity contribution in [1.82, 2.24) is 9.59 Å². The Morgan fingerprint density at radius 1 is 0.857 bits per heavy atom. The van der Waals surface area contributed by atoms with Crippen LogP contribution in [-0.4, -0.2) is 9.59 Å². The molecule has 5 heteroatoms. The first kappa shape index (κ1) is 15.4. The van der Waals surface area contributed by atoms with Gasteiger partial charge in [-0.05, 0) is 27.9 Å². The predicted octanol–water partition coefficient (Wildman–Crippen LogP) is 4.03. The Hall–Kier alpha value is -1.98. The minimum Gasteiger partial charge on any atom is -0.192 e. The number of hydrogen-bond acceptors (Lipinski definition) is 5. The molecule has 1 aromatic heterocycles. The molecule has 0 fully saturated rings. The van der Waals surface area contributed by atoms with Crippen molar-refractivity contribution in [3.05, 3.63) is 22.3 Å². The number of nitrogens with zero attached hydrogens (tertiary/aromatic N) is 4. The van der Waals surface area contributed by atoms with Crippen LogP contribution in [0, 0.1) is 22.7 Å². The van der Waals surface area contributed by atoms with Gasteiger partial charge in [-0.1, -0.05) is 46.0 Å². The SMILES string of the molecule is CC(C)(C)c1c(C#N)c(C#N)c(C(C)(C)C)c2snnc12. The van der Waals surface area contributed by atoms with Crippen LogP contribution in [0.15, 0.2) is 0 Å². The van der Waals surface area contributed by atoms with Gasteiger partial charge in [-0.25, -0.2) is 0 Å². The van der Waals surface area contributed by atoms with Gasteiger partial charge in [-0.15, -0.1) is 5.10 Å². The van der Waals surface area contributed by atoms with Crippen molar-refractivity contribution in [3.8, 4) is 12.1 Å². The number of benzene rings is 1. The molecule has 0 unspecified atom stereocenters. The summed E-state index contributed by atoms with van der Waals surface area (Å²) in [6.07, 6.45) is 0. The summed E-state index contributed by atoms with van der Waals surface area (Å²) in [5.74, 6) is 0. The van der Waals surface area contributed by atoms with Gasteiger partial charge in [0.25, 0.3) is 0 Å². The largest absolute Gasteiger partial charge is 0.192 e. The zero-order valence-electron chi connectivity index (χ0n) is 13.2. The Labute approximate surface area is 129 Å². The van der Waals surface area contributed by atoms with E-state index >= 15 is 0 Å². The Morgan fingerprint density at radius 2 is 1.33 bits per heavy atom. The van der Waals surface area contributed by atoms with Crippen LogP contribution in [0.1, 0.15) is 63.8 Å². The summed E-state index contributed by atoms with van der Waals surface area (Å²) in [5.41, 5.74) is 2.83. The molecule has 2 rings (SSSR count). The quantitative estimate of drug-likeness (QED) is 0.736. The molecule has 0 N–H and O–H groups in total. The summed E-state index contributed by atoms with van der Waals surface area (Å²) in [4.78, 5) is 0. The molecule has 21 heavy (non-hydrogen) atoms. The van der Waals surface area contributed by atoms with Crippen molar-refractivity contribution >= 4 is 21.7 Å². The molecular weight excluding hydrogens is 280 g/mol. The topological polar surface area (TPSA) is 73.4 Å². The maximum Gasteiger partial charge on any atom is 0.111 e. The van der Waals surface area contributed by atoms with E-state index in [2.05, 4.69) is 21.7 Å². The normalized spacial score (nSPS) is 12.2. The highest BCUT2D eigenvalue weighted by molar-refractivity contribution is 7.13. The Morgan fingerprint density at radius 3 is 1.76 bits per heavy atom. The fourth-order valence-electron chi connectivity index (χ4n) is 2.67. The third-order valence-corrected chi connectivity index (χ3v) is 4.17. The Balaban J connectivity index is 3.15. The van der Waals surface area contributed by atoms with E-state index in [0.29, 0.717) is 11.1 Å². The molecule has 0 aliphatic carbocycles. The van der Waals surface area contributed by atoms with Crippen LogP contribution in [0.25, 0.3) is 10.2 Å². The summed E-state index contributed by atoms with van der Waals surface area (Å²) in [6, 6.07) is 4.48. The van der Waals surface area contributed by atoms with E-state index in [0.717, 1.165) is 21.3 Å². The first-order valence-corrected chi connectivity index (χ1v) is 7.53. The highest BCUT2D eigenvalue weighted by atomic mass is 32.1. The molecule has 0 radical (unpaired) electrons. The Bertz CT molecular complexity index is 723. The van der Waals surface area contributed by atoms with Crippen LogP contribution in [0.5, 0.6) is 0 Å². The van der Waals surface area contributed by atoms with Crippen molar-refractivity contribution < 1.29 is 0 Å². The zero-order chi connectivity index (χ0) is 16.0. The van der Waals surface area contributed by atoms with Crippen LogP contribution in [0.2, 0.25) is 0 Å². The highest BCUT2D eigenvalue weighted by Gasteiger charge is 2.32. The van der Waals surface area contributed by atoms with E-state index in [1.54, 1.807) is 0 Å². The second kappa shape index (κ2) is 4.79. The molecule has 1 heterocycles. The summed E-state index contributed by atoms with van der Waals surface area (Å²) in [6.45, 7) is 12.2. The van der Waals surface area contributed by atoms with Crippen molar-refractivity contribution in [3.63, 3.8) is 0 Å². The smallest absolute Gasteiger partial charge is 0.111 e. The third kappa shape index (κ3) is 2.39. The van der Waals surface area contributed by atoms with E-state index in [1.807, 2.05) is 41.5 Å². The van der Waals surface area contributed by atoms with Gasteiger partial charge < -0.3 is 0 Å². The lowest BCUT2D eigenvalue weighted by Gasteiger charge is -2.27. The summed E-state index contributed by atoms with van der Waals surface area (Å²) < 4.78 is 4.99. The van der Waals surface area contributed by atoms with Crippen LogP contribution in [0.4, 0.5) is 0 Å². The maximum atomic E-state index is 9.64. The van der Waals surface area contributed by atoms with Gasteiger partial charge in [0.2, 0.25) is 0 Å². The molecule has 1 aromatic carbocycles. The molecule has 0 saturated heterocycles. The maximum absolute atomic E-state index is 9.64. The fraction of sp³-hybridized carbons (Fsp3) is 0.500. The number of nitriles is 2. The lowest BCUT2D eigenvalue weighted by Crippen LogP contribution is -2.20. The standard InChI is InChI=1S/C16H18N4S/c1-15(2,3)11-9(7-17)10(8-18)12(16(4,5)6)14-13(11)19-20-21-14/h1-6H3.